The van der Waals surface area contributed by atoms with Crippen molar-refractivity contribution in [2.24, 2.45) is 0 Å². The first-order valence-electron chi connectivity index (χ1n) is 5.37. The van der Waals surface area contributed by atoms with E-state index in [1.807, 2.05) is 17.4 Å². The van der Waals surface area contributed by atoms with Crippen LogP contribution < -0.4 is 10.1 Å². The zero-order chi connectivity index (χ0) is 11.1. The van der Waals surface area contributed by atoms with Gasteiger partial charge in [-0.1, -0.05) is 12.1 Å². The zero-order valence-corrected chi connectivity index (χ0v) is 9.49. The number of ether oxygens (including phenoxy) is 1. The fraction of sp³-hybridized carbons (Fsp3) is 0.500. The molecule has 0 heterocycles. The van der Waals surface area contributed by atoms with Crippen LogP contribution in [-0.4, -0.2) is 31.4 Å². The summed E-state index contributed by atoms with van der Waals surface area (Å²) in [6.07, 6.45) is 0. The van der Waals surface area contributed by atoms with E-state index in [0.29, 0.717) is 6.61 Å². The first-order chi connectivity index (χ1) is 7.25. The van der Waals surface area contributed by atoms with Crippen LogP contribution in [0.2, 0.25) is 0 Å². The molecular formula is C12H20NO2+. The minimum absolute atomic E-state index is 0.226. The van der Waals surface area contributed by atoms with Crippen LogP contribution in [0.5, 0.6) is 5.75 Å². The fourth-order valence-electron chi connectivity index (χ4n) is 1.37. The first-order valence-corrected chi connectivity index (χ1v) is 5.37. The molecule has 0 amide bonds. The highest BCUT2D eigenvalue weighted by Gasteiger charge is 2.01. The average molecular weight is 210 g/mol. The van der Waals surface area contributed by atoms with Crippen LogP contribution in [-0.2, 0) is 0 Å². The lowest BCUT2D eigenvalue weighted by molar-refractivity contribution is -0.656. The van der Waals surface area contributed by atoms with Gasteiger partial charge in [-0.2, -0.15) is 0 Å². The van der Waals surface area contributed by atoms with Crippen LogP contribution in [0.25, 0.3) is 0 Å². The second-order valence-corrected chi connectivity index (χ2v) is 3.64. The summed E-state index contributed by atoms with van der Waals surface area (Å²) in [7, 11) is 0. The van der Waals surface area contributed by atoms with Crippen molar-refractivity contribution in [3.63, 3.8) is 0 Å². The SMILES string of the molecule is Cc1cccc(OCC[NH2+]CCO)c1C. The van der Waals surface area contributed by atoms with Gasteiger partial charge in [0, 0.05) is 0 Å². The van der Waals surface area contributed by atoms with E-state index in [1.165, 1.54) is 11.1 Å². The van der Waals surface area contributed by atoms with Gasteiger partial charge < -0.3 is 15.2 Å². The van der Waals surface area contributed by atoms with Gasteiger partial charge in [0.1, 0.15) is 18.9 Å². The van der Waals surface area contributed by atoms with Crippen molar-refractivity contribution in [1.82, 2.24) is 0 Å². The molecule has 3 heteroatoms. The lowest BCUT2D eigenvalue weighted by atomic mass is 10.1. The highest BCUT2D eigenvalue weighted by Crippen LogP contribution is 2.19. The summed E-state index contributed by atoms with van der Waals surface area (Å²) in [6, 6.07) is 6.09. The molecule has 3 nitrogen and oxygen atoms in total. The van der Waals surface area contributed by atoms with E-state index in [4.69, 9.17) is 9.84 Å². The van der Waals surface area contributed by atoms with E-state index in [9.17, 15) is 0 Å². The average Bonchev–Trinajstić information content (AvgIpc) is 2.24. The van der Waals surface area contributed by atoms with Crippen molar-refractivity contribution < 1.29 is 15.2 Å². The van der Waals surface area contributed by atoms with Crippen molar-refractivity contribution in [3.8, 4) is 5.75 Å². The maximum Gasteiger partial charge on any atom is 0.137 e. The quantitative estimate of drug-likeness (QED) is 0.661. The van der Waals surface area contributed by atoms with Gasteiger partial charge in [0.15, 0.2) is 0 Å². The fourth-order valence-corrected chi connectivity index (χ4v) is 1.37. The molecule has 84 valence electrons. The number of hydrogen-bond acceptors (Lipinski definition) is 2. The predicted octanol–water partition coefficient (Wildman–Crippen LogP) is 0.238. The molecule has 3 N–H and O–H groups in total. The Hall–Kier alpha value is -1.06. The summed E-state index contributed by atoms with van der Waals surface area (Å²) in [6.45, 7) is 6.69. The number of aliphatic hydroxyl groups excluding tert-OH is 1. The van der Waals surface area contributed by atoms with Gasteiger partial charge in [0.25, 0.3) is 0 Å². The Morgan fingerprint density at radius 3 is 2.80 bits per heavy atom. The molecule has 0 radical (unpaired) electrons. The normalized spacial score (nSPS) is 10.3. The molecule has 0 saturated carbocycles. The number of benzene rings is 1. The predicted molar refractivity (Wildman–Crippen MR) is 60.2 cm³/mol. The van der Waals surface area contributed by atoms with E-state index in [0.717, 1.165) is 18.8 Å². The molecule has 0 aliphatic heterocycles. The molecule has 0 saturated heterocycles. The molecule has 0 bridgehead atoms. The largest absolute Gasteiger partial charge is 0.487 e. The van der Waals surface area contributed by atoms with Crippen LogP contribution in [0.4, 0.5) is 0 Å². The second-order valence-electron chi connectivity index (χ2n) is 3.64. The topological polar surface area (TPSA) is 46.1 Å². The highest BCUT2D eigenvalue weighted by atomic mass is 16.5. The van der Waals surface area contributed by atoms with Crippen LogP contribution >= 0.6 is 0 Å². The Bertz CT molecular complexity index is 300. The molecule has 0 spiro atoms. The third kappa shape index (κ3) is 3.90. The molecule has 0 atom stereocenters. The van der Waals surface area contributed by atoms with Crippen molar-refractivity contribution in [2.75, 3.05) is 26.3 Å². The third-order valence-corrected chi connectivity index (χ3v) is 2.47. The van der Waals surface area contributed by atoms with E-state index in [-0.39, 0.29) is 6.61 Å². The Kier molecular flexibility index (Phi) is 5.15. The summed E-state index contributed by atoms with van der Waals surface area (Å²) in [5.74, 6) is 0.965. The highest BCUT2D eigenvalue weighted by molar-refractivity contribution is 5.38. The number of nitrogens with two attached hydrogens (primary N) is 1. The number of quaternary nitrogens is 1. The van der Waals surface area contributed by atoms with Crippen molar-refractivity contribution in [1.29, 1.82) is 0 Å². The molecule has 0 aliphatic carbocycles. The Morgan fingerprint density at radius 2 is 2.07 bits per heavy atom. The summed E-state index contributed by atoms with van der Waals surface area (Å²) in [5, 5.41) is 10.6. The van der Waals surface area contributed by atoms with Gasteiger partial charge in [0.2, 0.25) is 0 Å². The summed E-state index contributed by atoms with van der Waals surface area (Å²) >= 11 is 0. The van der Waals surface area contributed by atoms with Crippen LogP contribution in [0.15, 0.2) is 18.2 Å². The third-order valence-electron chi connectivity index (χ3n) is 2.47. The monoisotopic (exact) mass is 210 g/mol. The maximum atomic E-state index is 8.59. The molecule has 1 aromatic carbocycles. The lowest BCUT2D eigenvalue weighted by Crippen LogP contribution is -2.86. The minimum atomic E-state index is 0.226. The molecule has 0 aromatic heterocycles. The number of hydrogen-bond donors (Lipinski definition) is 2. The van der Waals surface area contributed by atoms with Crippen LogP contribution in [0.1, 0.15) is 11.1 Å². The lowest BCUT2D eigenvalue weighted by Gasteiger charge is -2.09. The molecule has 1 rings (SSSR count). The molecule has 1 aromatic rings. The van der Waals surface area contributed by atoms with E-state index in [2.05, 4.69) is 19.9 Å². The second kappa shape index (κ2) is 6.43. The Labute approximate surface area is 91.1 Å². The van der Waals surface area contributed by atoms with Crippen molar-refractivity contribution in [3.05, 3.63) is 29.3 Å². The Morgan fingerprint density at radius 1 is 1.27 bits per heavy atom. The van der Waals surface area contributed by atoms with E-state index in [1.54, 1.807) is 0 Å². The number of aryl methyl sites for hydroxylation is 1. The van der Waals surface area contributed by atoms with Crippen LogP contribution in [0.3, 0.4) is 0 Å². The first kappa shape index (κ1) is 12.0. The summed E-state index contributed by atoms with van der Waals surface area (Å²) in [4.78, 5) is 0. The molecular weight excluding hydrogens is 190 g/mol. The Balaban J connectivity index is 2.34. The minimum Gasteiger partial charge on any atom is -0.487 e. The number of rotatable bonds is 6. The molecule has 15 heavy (non-hydrogen) atoms. The summed E-state index contributed by atoms with van der Waals surface area (Å²) < 4.78 is 5.65. The van der Waals surface area contributed by atoms with Gasteiger partial charge >= 0.3 is 0 Å². The molecule has 0 fully saturated rings. The van der Waals surface area contributed by atoms with Crippen molar-refractivity contribution >= 4 is 0 Å². The zero-order valence-electron chi connectivity index (χ0n) is 9.49. The molecule has 0 aliphatic rings. The standard InChI is InChI=1S/C12H19NO2/c1-10-4-3-5-12(11(10)2)15-9-7-13-6-8-14/h3-5,13-14H,6-9H2,1-2H3/p+1. The van der Waals surface area contributed by atoms with Crippen LogP contribution in [0, 0.1) is 13.8 Å². The van der Waals surface area contributed by atoms with Gasteiger partial charge in [-0.3, -0.25) is 0 Å². The smallest absolute Gasteiger partial charge is 0.137 e. The van der Waals surface area contributed by atoms with E-state index >= 15 is 0 Å². The van der Waals surface area contributed by atoms with Gasteiger partial charge in [-0.05, 0) is 31.0 Å². The van der Waals surface area contributed by atoms with Gasteiger partial charge in [0.05, 0.1) is 13.2 Å². The number of aliphatic hydroxyl groups is 1. The van der Waals surface area contributed by atoms with E-state index < -0.39 is 0 Å². The van der Waals surface area contributed by atoms with Crippen molar-refractivity contribution in [2.45, 2.75) is 13.8 Å². The van der Waals surface area contributed by atoms with Gasteiger partial charge in [-0.25, -0.2) is 0 Å². The molecule has 0 unspecified atom stereocenters. The maximum absolute atomic E-state index is 8.59. The summed E-state index contributed by atoms with van der Waals surface area (Å²) in [5.41, 5.74) is 2.46. The van der Waals surface area contributed by atoms with Gasteiger partial charge in [-0.15, -0.1) is 0 Å².